The van der Waals surface area contributed by atoms with Crippen LogP contribution in [0.25, 0.3) is 0 Å². The standard InChI is InChI=1S/C16H23NO/c1-11(2)10-18-16-12(3)7-14(8-13(16)4)9-17-15-5-6-15/h7-8,15,17H,1,5-6,9-10H2,2-4H3. The van der Waals surface area contributed by atoms with Crippen molar-refractivity contribution in [3.8, 4) is 5.75 Å². The van der Waals surface area contributed by atoms with E-state index >= 15 is 0 Å². The highest BCUT2D eigenvalue weighted by Gasteiger charge is 2.20. The van der Waals surface area contributed by atoms with E-state index in [1.807, 2.05) is 6.92 Å². The Morgan fingerprint density at radius 3 is 2.44 bits per heavy atom. The average molecular weight is 245 g/mol. The molecule has 1 aromatic rings. The van der Waals surface area contributed by atoms with Gasteiger partial charge in [-0.3, -0.25) is 0 Å². The third-order valence-electron chi connectivity index (χ3n) is 3.16. The van der Waals surface area contributed by atoms with E-state index in [0.717, 1.165) is 23.9 Å². The van der Waals surface area contributed by atoms with Crippen LogP contribution in [0.1, 0.15) is 36.5 Å². The Bertz CT molecular complexity index is 423. The molecule has 2 heteroatoms. The SMILES string of the molecule is C=C(C)COc1c(C)cc(CNC2CC2)cc1C. The van der Waals surface area contributed by atoms with Crippen molar-refractivity contribution in [2.75, 3.05) is 6.61 Å². The van der Waals surface area contributed by atoms with Gasteiger partial charge in [-0.2, -0.15) is 0 Å². The van der Waals surface area contributed by atoms with Crippen molar-refractivity contribution < 1.29 is 4.74 Å². The summed E-state index contributed by atoms with van der Waals surface area (Å²) >= 11 is 0. The monoisotopic (exact) mass is 245 g/mol. The van der Waals surface area contributed by atoms with Gasteiger partial charge in [-0.1, -0.05) is 18.7 Å². The van der Waals surface area contributed by atoms with Crippen LogP contribution in [0, 0.1) is 13.8 Å². The van der Waals surface area contributed by atoms with Gasteiger partial charge < -0.3 is 10.1 Å². The summed E-state index contributed by atoms with van der Waals surface area (Å²) < 4.78 is 5.80. The summed E-state index contributed by atoms with van der Waals surface area (Å²) in [5.74, 6) is 1.01. The topological polar surface area (TPSA) is 21.3 Å². The van der Waals surface area contributed by atoms with E-state index in [0.29, 0.717) is 6.61 Å². The number of hydrogen-bond donors (Lipinski definition) is 1. The average Bonchev–Trinajstić information content (AvgIpc) is 3.08. The van der Waals surface area contributed by atoms with Crippen molar-refractivity contribution in [1.29, 1.82) is 0 Å². The minimum Gasteiger partial charge on any atom is -0.489 e. The van der Waals surface area contributed by atoms with Crippen LogP contribution in [-0.4, -0.2) is 12.6 Å². The first-order chi connectivity index (χ1) is 8.56. The summed E-state index contributed by atoms with van der Waals surface area (Å²) in [6.07, 6.45) is 2.66. The predicted molar refractivity (Wildman–Crippen MR) is 76.1 cm³/mol. The zero-order valence-electron chi connectivity index (χ0n) is 11.7. The van der Waals surface area contributed by atoms with Crippen molar-refractivity contribution in [3.63, 3.8) is 0 Å². The minimum atomic E-state index is 0.599. The summed E-state index contributed by atoms with van der Waals surface area (Å²) in [5.41, 5.74) is 4.82. The van der Waals surface area contributed by atoms with Gasteiger partial charge in [-0.25, -0.2) is 0 Å². The number of benzene rings is 1. The third-order valence-corrected chi connectivity index (χ3v) is 3.16. The fourth-order valence-electron chi connectivity index (χ4n) is 2.11. The molecule has 0 spiro atoms. The lowest BCUT2D eigenvalue weighted by molar-refractivity contribution is 0.347. The van der Waals surface area contributed by atoms with Crippen molar-refractivity contribution in [3.05, 3.63) is 41.0 Å². The highest BCUT2D eigenvalue weighted by Crippen LogP contribution is 2.26. The van der Waals surface area contributed by atoms with E-state index in [9.17, 15) is 0 Å². The molecular weight excluding hydrogens is 222 g/mol. The number of aryl methyl sites for hydroxylation is 2. The molecule has 0 unspecified atom stereocenters. The molecule has 2 nitrogen and oxygen atoms in total. The summed E-state index contributed by atoms with van der Waals surface area (Å²) in [7, 11) is 0. The lowest BCUT2D eigenvalue weighted by Crippen LogP contribution is -2.15. The van der Waals surface area contributed by atoms with E-state index < -0.39 is 0 Å². The third kappa shape index (κ3) is 3.61. The molecule has 0 heterocycles. The second-order valence-electron chi connectivity index (χ2n) is 5.46. The number of ether oxygens (including phenoxy) is 1. The normalized spacial score (nSPS) is 14.6. The van der Waals surface area contributed by atoms with Crippen LogP contribution in [0.5, 0.6) is 5.75 Å². The summed E-state index contributed by atoms with van der Waals surface area (Å²) in [6, 6.07) is 5.19. The molecule has 0 bridgehead atoms. The highest BCUT2D eigenvalue weighted by molar-refractivity contribution is 5.43. The lowest BCUT2D eigenvalue weighted by atomic mass is 10.1. The van der Waals surface area contributed by atoms with E-state index in [1.54, 1.807) is 0 Å². The molecule has 0 aromatic heterocycles. The molecule has 0 saturated heterocycles. The predicted octanol–water partition coefficient (Wildman–Crippen LogP) is 3.51. The number of hydrogen-bond acceptors (Lipinski definition) is 2. The second-order valence-corrected chi connectivity index (χ2v) is 5.46. The number of nitrogens with one attached hydrogen (secondary N) is 1. The van der Waals surface area contributed by atoms with Crippen molar-refractivity contribution in [1.82, 2.24) is 5.32 Å². The van der Waals surface area contributed by atoms with Gasteiger partial charge in [0.1, 0.15) is 12.4 Å². The highest BCUT2D eigenvalue weighted by atomic mass is 16.5. The smallest absolute Gasteiger partial charge is 0.125 e. The first kappa shape index (κ1) is 13.2. The van der Waals surface area contributed by atoms with Gasteiger partial charge in [0, 0.05) is 12.6 Å². The molecule has 1 saturated carbocycles. The summed E-state index contributed by atoms with van der Waals surface area (Å²) in [6.45, 7) is 11.6. The summed E-state index contributed by atoms with van der Waals surface area (Å²) in [4.78, 5) is 0. The molecule has 18 heavy (non-hydrogen) atoms. The van der Waals surface area contributed by atoms with Crippen molar-refractivity contribution in [2.24, 2.45) is 0 Å². The molecule has 2 rings (SSSR count). The molecule has 1 fully saturated rings. The maximum atomic E-state index is 5.80. The van der Waals surface area contributed by atoms with Crippen LogP contribution < -0.4 is 10.1 Å². The van der Waals surface area contributed by atoms with Crippen LogP contribution >= 0.6 is 0 Å². The van der Waals surface area contributed by atoms with Gasteiger partial charge in [-0.05, 0) is 55.9 Å². The molecular formula is C16H23NO. The largest absolute Gasteiger partial charge is 0.489 e. The van der Waals surface area contributed by atoms with E-state index in [2.05, 4.69) is 37.9 Å². The molecule has 0 aliphatic heterocycles. The van der Waals surface area contributed by atoms with Gasteiger partial charge in [0.25, 0.3) is 0 Å². The molecule has 0 radical (unpaired) electrons. The Morgan fingerprint density at radius 1 is 1.33 bits per heavy atom. The Labute approximate surface area is 110 Å². The fraction of sp³-hybridized carbons (Fsp3) is 0.500. The van der Waals surface area contributed by atoms with Gasteiger partial charge in [-0.15, -0.1) is 0 Å². The molecule has 1 aromatic carbocycles. The first-order valence-corrected chi connectivity index (χ1v) is 6.67. The van der Waals surface area contributed by atoms with E-state index in [-0.39, 0.29) is 0 Å². The van der Waals surface area contributed by atoms with Crippen molar-refractivity contribution in [2.45, 2.75) is 46.2 Å². The quantitative estimate of drug-likeness (QED) is 0.774. The van der Waals surface area contributed by atoms with Crippen LogP contribution in [0.3, 0.4) is 0 Å². The Kier molecular flexibility index (Phi) is 4.07. The Balaban J connectivity index is 2.04. The lowest BCUT2D eigenvalue weighted by Gasteiger charge is -2.14. The van der Waals surface area contributed by atoms with Gasteiger partial charge in [0.2, 0.25) is 0 Å². The van der Waals surface area contributed by atoms with Crippen LogP contribution in [-0.2, 0) is 6.54 Å². The first-order valence-electron chi connectivity index (χ1n) is 6.67. The molecule has 1 aliphatic carbocycles. The fourth-order valence-corrected chi connectivity index (χ4v) is 2.11. The van der Waals surface area contributed by atoms with Crippen LogP contribution in [0.15, 0.2) is 24.3 Å². The zero-order chi connectivity index (χ0) is 13.1. The molecule has 0 amide bonds. The van der Waals surface area contributed by atoms with E-state index in [4.69, 9.17) is 4.74 Å². The second kappa shape index (κ2) is 5.57. The molecule has 1 N–H and O–H groups in total. The molecule has 98 valence electrons. The Morgan fingerprint density at radius 2 is 1.94 bits per heavy atom. The van der Waals surface area contributed by atoms with Crippen LogP contribution in [0.4, 0.5) is 0 Å². The van der Waals surface area contributed by atoms with Gasteiger partial charge in [0.05, 0.1) is 0 Å². The summed E-state index contributed by atoms with van der Waals surface area (Å²) in [5, 5.41) is 3.54. The maximum Gasteiger partial charge on any atom is 0.125 e. The van der Waals surface area contributed by atoms with Gasteiger partial charge >= 0.3 is 0 Å². The van der Waals surface area contributed by atoms with Gasteiger partial charge in [0.15, 0.2) is 0 Å². The minimum absolute atomic E-state index is 0.599. The maximum absolute atomic E-state index is 5.80. The van der Waals surface area contributed by atoms with Crippen LogP contribution in [0.2, 0.25) is 0 Å². The molecule has 1 aliphatic rings. The zero-order valence-corrected chi connectivity index (χ0v) is 11.7. The number of rotatable bonds is 6. The Hall–Kier alpha value is -1.28. The molecule has 0 atom stereocenters. The van der Waals surface area contributed by atoms with Crippen molar-refractivity contribution >= 4 is 0 Å². The van der Waals surface area contributed by atoms with E-state index in [1.165, 1.54) is 29.5 Å².